The Bertz CT molecular complexity index is 611. The van der Waals surface area contributed by atoms with E-state index in [1.165, 1.54) is 32.1 Å². The van der Waals surface area contributed by atoms with Crippen molar-refractivity contribution in [2.45, 2.75) is 44.9 Å². The Morgan fingerprint density at radius 2 is 2.00 bits per heavy atom. The van der Waals surface area contributed by atoms with Crippen LogP contribution in [0.3, 0.4) is 0 Å². The third kappa shape index (κ3) is 3.06. The van der Waals surface area contributed by atoms with E-state index in [0.29, 0.717) is 11.7 Å². The van der Waals surface area contributed by atoms with Crippen molar-refractivity contribution in [1.82, 2.24) is 19.7 Å². The Morgan fingerprint density at radius 3 is 2.62 bits per heavy atom. The number of hydrogen-bond donors (Lipinski definition) is 1. The molecular formula is C16H23N5. The van der Waals surface area contributed by atoms with Gasteiger partial charge >= 0.3 is 0 Å². The van der Waals surface area contributed by atoms with Crippen LogP contribution in [0.2, 0.25) is 0 Å². The highest BCUT2D eigenvalue weighted by molar-refractivity contribution is 5.60. The van der Waals surface area contributed by atoms with E-state index in [0.717, 1.165) is 23.0 Å². The molecule has 5 nitrogen and oxygen atoms in total. The summed E-state index contributed by atoms with van der Waals surface area (Å²) in [6.45, 7) is 2.28. The van der Waals surface area contributed by atoms with Gasteiger partial charge in [-0.05, 0) is 31.6 Å². The van der Waals surface area contributed by atoms with Crippen molar-refractivity contribution in [3.63, 3.8) is 0 Å². The summed E-state index contributed by atoms with van der Waals surface area (Å²) in [4.78, 5) is 9.23. The smallest absolute Gasteiger partial charge is 0.134 e. The first-order valence-electron chi connectivity index (χ1n) is 7.79. The monoisotopic (exact) mass is 285 g/mol. The number of hydrogen-bond acceptors (Lipinski definition) is 4. The molecule has 2 aromatic rings. The van der Waals surface area contributed by atoms with E-state index < -0.39 is 0 Å². The highest BCUT2D eigenvalue weighted by Gasteiger charge is 2.24. The van der Waals surface area contributed by atoms with E-state index in [1.54, 1.807) is 4.68 Å². The van der Waals surface area contributed by atoms with Crippen LogP contribution in [0, 0.1) is 5.92 Å². The van der Waals surface area contributed by atoms with Gasteiger partial charge in [-0.2, -0.15) is 5.10 Å². The van der Waals surface area contributed by atoms with Gasteiger partial charge in [-0.25, -0.2) is 9.97 Å². The van der Waals surface area contributed by atoms with E-state index in [4.69, 9.17) is 10.7 Å². The van der Waals surface area contributed by atoms with Crippen LogP contribution in [-0.2, 0) is 7.05 Å². The van der Waals surface area contributed by atoms with Crippen molar-refractivity contribution in [2.24, 2.45) is 13.0 Å². The SMILES string of the molecule is CCC1CCC(c2nc(N)cc(-c3cnn(C)c3)n2)CC1. The standard InChI is InChI=1S/C16H23N5/c1-3-11-4-6-12(7-5-11)16-19-14(8-15(17)20-16)13-9-18-21(2)10-13/h8-12H,3-7H2,1-2H3,(H2,17,19,20). The summed E-state index contributed by atoms with van der Waals surface area (Å²) in [5.41, 5.74) is 7.86. The molecule has 0 radical (unpaired) electrons. The number of rotatable bonds is 3. The van der Waals surface area contributed by atoms with Crippen LogP contribution in [0.15, 0.2) is 18.5 Å². The van der Waals surface area contributed by atoms with Crippen LogP contribution >= 0.6 is 0 Å². The lowest BCUT2D eigenvalue weighted by atomic mass is 9.80. The topological polar surface area (TPSA) is 69.6 Å². The summed E-state index contributed by atoms with van der Waals surface area (Å²) in [7, 11) is 1.90. The first kappa shape index (κ1) is 14.0. The molecule has 1 saturated carbocycles. The van der Waals surface area contributed by atoms with Crippen molar-refractivity contribution >= 4 is 5.82 Å². The van der Waals surface area contributed by atoms with Gasteiger partial charge in [0, 0.05) is 30.8 Å². The Morgan fingerprint density at radius 1 is 1.24 bits per heavy atom. The molecule has 2 heterocycles. The molecule has 1 fully saturated rings. The Labute approximate surface area is 125 Å². The molecule has 0 saturated heterocycles. The molecule has 0 aromatic carbocycles. The molecule has 0 amide bonds. The van der Waals surface area contributed by atoms with E-state index in [2.05, 4.69) is 17.0 Å². The van der Waals surface area contributed by atoms with E-state index in [1.807, 2.05) is 25.5 Å². The minimum atomic E-state index is 0.451. The average molecular weight is 285 g/mol. The Balaban J connectivity index is 1.85. The van der Waals surface area contributed by atoms with Crippen LogP contribution in [0.5, 0.6) is 0 Å². The number of nitrogen functional groups attached to an aromatic ring is 1. The molecule has 1 aliphatic carbocycles. The summed E-state index contributed by atoms with van der Waals surface area (Å²) in [5, 5.41) is 4.20. The molecule has 0 unspecified atom stereocenters. The molecule has 2 N–H and O–H groups in total. The molecule has 112 valence electrons. The summed E-state index contributed by atoms with van der Waals surface area (Å²) in [6, 6.07) is 1.83. The predicted molar refractivity (Wildman–Crippen MR) is 83.6 cm³/mol. The quantitative estimate of drug-likeness (QED) is 0.940. The zero-order chi connectivity index (χ0) is 14.8. The zero-order valence-electron chi connectivity index (χ0n) is 12.8. The second kappa shape index (κ2) is 5.84. The maximum atomic E-state index is 5.99. The van der Waals surface area contributed by atoms with Crippen molar-refractivity contribution in [1.29, 1.82) is 0 Å². The predicted octanol–water partition coefficient (Wildman–Crippen LogP) is 3.14. The maximum Gasteiger partial charge on any atom is 0.134 e. The second-order valence-electron chi connectivity index (χ2n) is 6.06. The average Bonchev–Trinajstić information content (AvgIpc) is 2.93. The van der Waals surface area contributed by atoms with E-state index >= 15 is 0 Å². The van der Waals surface area contributed by atoms with E-state index in [-0.39, 0.29) is 0 Å². The maximum absolute atomic E-state index is 5.99. The van der Waals surface area contributed by atoms with Gasteiger partial charge in [-0.15, -0.1) is 0 Å². The fourth-order valence-electron chi connectivity index (χ4n) is 3.20. The molecule has 2 aromatic heterocycles. The zero-order valence-corrected chi connectivity index (χ0v) is 12.8. The second-order valence-corrected chi connectivity index (χ2v) is 6.06. The molecular weight excluding hydrogens is 262 g/mol. The summed E-state index contributed by atoms with van der Waals surface area (Å²) < 4.78 is 1.78. The number of aryl methyl sites for hydroxylation is 1. The summed E-state index contributed by atoms with van der Waals surface area (Å²) >= 11 is 0. The molecule has 0 bridgehead atoms. The first-order chi connectivity index (χ1) is 10.2. The third-order valence-electron chi connectivity index (χ3n) is 4.55. The minimum absolute atomic E-state index is 0.451. The van der Waals surface area contributed by atoms with Crippen LogP contribution in [0.25, 0.3) is 11.3 Å². The van der Waals surface area contributed by atoms with Crippen molar-refractivity contribution in [3.05, 3.63) is 24.3 Å². The number of nitrogens with zero attached hydrogens (tertiary/aromatic N) is 4. The van der Waals surface area contributed by atoms with Crippen molar-refractivity contribution in [3.8, 4) is 11.3 Å². The van der Waals surface area contributed by atoms with Gasteiger partial charge in [-0.3, -0.25) is 4.68 Å². The lowest BCUT2D eigenvalue weighted by molar-refractivity contribution is 0.312. The summed E-state index contributed by atoms with van der Waals surface area (Å²) in [6.07, 6.45) is 9.97. The number of aromatic nitrogens is 4. The highest BCUT2D eigenvalue weighted by atomic mass is 15.2. The Hall–Kier alpha value is -1.91. The molecule has 0 spiro atoms. The lowest BCUT2D eigenvalue weighted by Gasteiger charge is -2.27. The first-order valence-corrected chi connectivity index (χ1v) is 7.79. The van der Waals surface area contributed by atoms with Gasteiger partial charge in [0.15, 0.2) is 0 Å². The molecule has 5 heteroatoms. The fraction of sp³-hybridized carbons (Fsp3) is 0.562. The van der Waals surface area contributed by atoms with Crippen molar-refractivity contribution in [2.75, 3.05) is 5.73 Å². The van der Waals surface area contributed by atoms with Gasteiger partial charge < -0.3 is 5.73 Å². The van der Waals surface area contributed by atoms with Gasteiger partial charge in [-0.1, -0.05) is 13.3 Å². The van der Waals surface area contributed by atoms with Crippen LogP contribution in [0.1, 0.15) is 50.8 Å². The lowest BCUT2D eigenvalue weighted by Crippen LogP contribution is -2.15. The van der Waals surface area contributed by atoms with Crippen molar-refractivity contribution < 1.29 is 0 Å². The van der Waals surface area contributed by atoms with Gasteiger partial charge in [0.25, 0.3) is 0 Å². The van der Waals surface area contributed by atoms with Crippen LogP contribution in [0.4, 0.5) is 5.82 Å². The normalized spacial score (nSPS) is 22.4. The highest BCUT2D eigenvalue weighted by Crippen LogP contribution is 2.36. The molecule has 0 aliphatic heterocycles. The molecule has 1 aliphatic rings. The Kier molecular flexibility index (Phi) is 3.90. The third-order valence-corrected chi connectivity index (χ3v) is 4.55. The van der Waals surface area contributed by atoms with E-state index in [9.17, 15) is 0 Å². The molecule has 0 atom stereocenters. The minimum Gasteiger partial charge on any atom is -0.384 e. The van der Waals surface area contributed by atoms with Gasteiger partial charge in [0.2, 0.25) is 0 Å². The van der Waals surface area contributed by atoms with Gasteiger partial charge in [0.05, 0.1) is 11.9 Å². The van der Waals surface area contributed by atoms with Gasteiger partial charge in [0.1, 0.15) is 11.6 Å². The summed E-state index contributed by atoms with van der Waals surface area (Å²) in [5.74, 6) is 2.78. The fourth-order valence-corrected chi connectivity index (χ4v) is 3.20. The molecule has 21 heavy (non-hydrogen) atoms. The van der Waals surface area contributed by atoms with Crippen LogP contribution in [-0.4, -0.2) is 19.7 Å². The number of anilines is 1. The molecule has 3 rings (SSSR count). The van der Waals surface area contributed by atoms with Crippen LogP contribution < -0.4 is 5.73 Å². The number of nitrogens with two attached hydrogens (primary N) is 1. The largest absolute Gasteiger partial charge is 0.384 e.